The van der Waals surface area contributed by atoms with Crippen molar-refractivity contribution in [3.8, 4) is 33.4 Å². The van der Waals surface area contributed by atoms with Gasteiger partial charge in [0.2, 0.25) is 0 Å². The first-order valence-corrected chi connectivity index (χ1v) is 13.1. The molecule has 0 saturated carbocycles. The standard InChI is InChI=1S/C37H29N/c1-2-6-12-28(11-5-1)33-23-26-36(31-13-7-3-8-14-31)37(27-33)32-19-17-29(18-20-32)30-21-24-35(25-22-30)38-34-15-9-4-10-16-34/h1-5,7-27,38H,6H2. The van der Waals surface area contributed by atoms with Crippen LogP contribution in [0.3, 0.4) is 0 Å². The van der Waals surface area contributed by atoms with Gasteiger partial charge in [-0.15, -0.1) is 0 Å². The summed E-state index contributed by atoms with van der Waals surface area (Å²) in [7, 11) is 0. The highest BCUT2D eigenvalue weighted by atomic mass is 14.9. The summed E-state index contributed by atoms with van der Waals surface area (Å²) in [6.45, 7) is 0. The van der Waals surface area contributed by atoms with E-state index in [0.29, 0.717) is 0 Å². The Balaban J connectivity index is 1.32. The Bertz CT molecular complexity index is 1600. The highest BCUT2D eigenvalue weighted by Crippen LogP contribution is 2.36. The van der Waals surface area contributed by atoms with E-state index in [2.05, 4.69) is 145 Å². The fraction of sp³-hybridized carbons (Fsp3) is 0.0270. The van der Waals surface area contributed by atoms with Crippen LogP contribution in [0, 0.1) is 0 Å². The summed E-state index contributed by atoms with van der Waals surface area (Å²) < 4.78 is 0. The van der Waals surface area contributed by atoms with Gasteiger partial charge in [-0.25, -0.2) is 0 Å². The van der Waals surface area contributed by atoms with Gasteiger partial charge in [0.05, 0.1) is 0 Å². The van der Waals surface area contributed by atoms with Gasteiger partial charge in [0, 0.05) is 11.4 Å². The smallest absolute Gasteiger partial charge is 0.0384 e. The summed E-state index contributed by atoms with van der Waals surface area (Å²) >= 11 is 0. The van der Waals surface area contributed by atoms with Gasteiger partial charge in [0.1, 0.15) is 0 Å². The summed E-state index contributed by atoms with van der Waals surface area (Å²) in [5, 5.41) is 3.46. The van der Waals surface area contributed by atoms with E-state index < -0.39 is 0 Å². The second-order valence-electron chi connectivity index (χ2n) is 9.45. The molecule has 0 heterocycles. The molecule has 1 nitrogen and oxygen atoms in total. The summed E-state index contributed by atoms with van der Waals surface area (Å²) in [6, 6.07) is 45.3. The van der Waals surface area contributed by atoms with Crippen molar-refractivity contribution in [3.05, 3.63) is 163 Å². The molecule has 1 aliphatic carbocycles. The van der Waals surface area contributed by atoms with Crippen LogP contribution in [0.1, 0.15) is 12.0 Å². The number of nitrogens with one attached hydrogen (secondary N) is 1. The second kappa shape index (κ2) is 11.0. The summed E-state index contributed by atoms with van der Waals surface area (Å²) in [5.41, 5.74) is 12.0. The zero-order chi connectivity index (χ0) is 25.6. The van der Waals surface area contributed by atoms with E-state index in [4.69, 9.17) is 0 Å². The Labute approximate surface area is 225 Å². The Morgan fingerprint density at radius 1 is 0.447 bits per heavy atom. The molecule has 0 aliphatic heterocycles. The van der Waals surface area contributed by atoms with Crippen LogP contribution in [0.25, 0.3) is 39.0 Å². The molecular formula is C37H29N. The minimum Gasteiger partial charge on any atom is -0.356 e. The van der Waals surface area contributed by atoms with Gasteiger partial charge in [-0.05, 0) is 81.3 Å². The number of hydrogen-bond acceptors (Lipinski definition) is 1. The molecule has 0 atom stereocenters. The van der Waals surface area contributed by atoms with E-state index >= 15 is 0 Å². The van der Waals surface area contributed by atoms with Crippen molar-refractivity contribution in [2.75, 3.05) is 5.32 Å². The van der Waals surface area contributed by atoms with Crippen LogP contribution in [0.4, 0.5) is 11.4 Å². The van der Waals surface area contributed by atoms with Crippen LogP contribution in [0.15, 0.2) is 158 Å². The number of allylic oxidation sites excluding steroid dienone is 6. The lowest BCUT2D eigenvalue weighted by atomic mass is 9.90. The summed E-state index contributed by atoms with van der Waals surface area (Å²) in [6.07, 6.45) is 11.9. The first-order valence-electron chi connectivity index (χ1n) is 13.1. The minimum absolute atomic E-state index is 0.951. The Hall–Kier alpha value is -4.88. The summed E-state index contributed by atoms with van der Waals surface area (Å²) in [4.78, 5) is 0. The van der Waals surface area contributed by atoms with Gasteiger partial charge < -0.3 is 5.32 Å². The maximum absolute atomic E-state index is 3.46. The van der Waals surface area contributed by atoms with Crippen LogP contribution < -0.4 is 5.32 Å². The average molecular weight is 488 g/mol. The Morgan fingerprint density at radius 2 is 1.03 bits per heavy atom. The first kappa shape index (κ1) is 23.5. The second-order valence-corrected chi connectivity index (χ2v) is 9.45. The molecule has 0 radical (unpaired) electrons. The SMILES string of the molecule is C1=CCC=C(c2ccc(-c3ccccc3)c(-c3ccc(-c4ccc(Nc5ccccc5)cc4)cc3)c2)C=C1. The molecule has 182 valence electrons. The van der Waals surface area contributed by atoms with Gasteiger partial charge >= 0.3 is 0 Å². The zero-order valence-electron chi connectivity index (χ0n) is 21.2. The number of hydrogen-bond donors (Lipinski definition) is 1. The molecule has 0 fully saturated rings. The van der Waals surface area contributed by atoms with Gasteiger partial charge in [-0.2, -0.15) is 0 Å². The molecule has 0 unspecified atom stereocenters. The number of anilines is 2. The molecule has 0 amide bonds. The molecule has 6 rings (SSSR count). The van der Waals surface area contributed by atoms with Crippen LogP contribution in [0.5, 0.6) is 0 Å². The monoisotopic (exact) mass is 487 g/mol. The van der Waals surface area contributed by atoms with E-state index in [-0.39, 0.29) is 0 Å². The number of rotatable bonds is 6. The predicted molar refractivity (Wildman–Crippen MR) is 163 cm³/mol. The molecular weight excluding hydrogens is 458 g/mol. The maximum atomic E-state index is 3.46. The van der Waals surface area contributed by atoms with Crippen LogP contribution in [-0.2, 0) is 0 Å². The van der Waals surface area contributed by atoms with Crippen LogP contribution in [-0.4, -0.2) is 0 Å². The Kier molecular flexibility index (Phi) is 6.82. The van der Waals surface area contributed by atoms with Gasteiger partial charge in [0.25, 0.3) is 0 Å². The van der Waals surface area contributed by atoms with Crippen molar-refractivity contribution in [2.45, 2.75) is 6.42 Å². The van der Waals surface area contributed by atoms with E-state index in [9.17, 15) is 0 Å². The molecule has 5 aromatic carbocycles. The van der Waals surface area contributed by atoms with Gasteiger partial charge in [-0.3, -0.25) is 0 Å². The third kappa shape index (κ3) is 5.28. The minimum atomic E-state index is 0.951. The highest BCUT2D eigenvalue weighted by Gasteiger charge is 2.11. The van der Waals surface area contributed by atoms with E-state index in [0.717, 1.165) is 17.8 Å². The molecule has 0 aromatic heterocycles. The average Bonchev–Trinajstić information content (AvgIpc) is 3.28. The van der Waals surface area contributed by atoms with Crippen LogP contribution in [0.2, 0.25) is 0 Å². The van der Waals surface area contributed by atoms with Crippen LogP contribution >= 0.6 is 0 Å². The van der Waals surface area contributed by atoms with E-state index in [1.807, 2.05) is 18.2 Å². The fourth-order valence-electron chi connectivity index (χ4n) is 4.90. The quantitative estimate of drug-likeness (QED) is 0.251. The largest absolute Gasteiger partial charge is 0.356 e. The van der Waals surface area contributed by atoms with Crippen molar-refractivity contribution in [2.24, 2.45) is 0 Å². The topological polar surface area (TPSA) is 12.0 Å². The molecule has 0 bridgehead atoms. The van der Waals surface area contributed by atoms with Crippen molar-refractivity contribution >= 4 is 16.9 Å². The highest BCUT2D eigenvalue weighted by molar-refractivity contribution is 5.88. The van der Waals surface area contributed by atoms with Gasteiger partial charge in [-0.1, -0.05) is 127 Å². The lowest BCUT2D eigenvalue weighted by Gasteiger charge is -2.14. The first-order chi connectivity index (χ1) is 18.8. The summed E-state index contributed by atoms with van der Waals surface area (Å²) in [5.74, 6) is 0. The molecule has 0 saturated heterocycles. The third-order valence-electron chi connectivity index (χ3n) is 6.91. The molecule has 0 spiro atoms. The fourth-order valence-corrected chi connectivity index (χ4v) is 4.90. The van der Waals surface area contributed by atoms with E-state index in [1.165, 1.54) is 44.5 Å². The van der Waals surface area contributed by atoms with Crippen molar-refractivity contribution < 1.29 is 0 Å². The normalized spacial score (nSPS) is 12.6. The zero-order valence-corrected chi connectivity index (χ0v) is 21.2. The lowest BCUT2D eigenvalue weighted by Crippen LogP contribution is -1.90. The van der Waals surface area contributed by atoms with Gasteiger partial charge in [0.15, 0.2) is 0 Å². The van der Waals surface area contributed by atoms with Crippen molar-refractivity contribution in [3.63, 3.8) is 0 Å². The number of para-hydroxylation sites is 1. The maximum Gasteiger partial charge on any atom is 0.0384 e. The van der Waals surface area contributed by atoms with E-state index in [1.54, 1.807) is 0 Å². The Morgan fingerprint density at radius 3 is 1.76 bits per heavy atom. The van der Waals surface area contributed by atoms with Crippen molar-refractivity contribution in [1.29, 1.82) is 0 Å². The van der Waals surface area contributed by atoms with Crippen molar-refractivity contribution in [1.82, 2.24) is 0 Å². The molecule has 1 N–H and O–H groups in total. The lowest BCUT2D eigenvalue weighted by molar-refractivity contribution is 1.40. The predicted octanol–water partition coefficient (Wildman–Crippen LogP) is 10.3. The number of benzene rings is 5. The molecule has 38 heavy (non-hydrogen) atoms. The molecule has 1 heteroatoms. The third-order valence-corrected chi connectivity index (χ3v) is 6.91. The molecule has 5 aromatic rings. The molecule has 1 aliphatic rings.